The lowest BCUT2D eigenvalue weighted by atomic mass is 10.2. The van der Waals surface area contributed by atoms with Gasteiger partial charge in [0.1, 0.15) is 16.9 Å². The highest BCUT2D eigenvalue weighted by Gasteiger charge is 2.19. The van der Waals surface area contributed by atoms with Gasteiger partial charge < -0.3 is 9.73 Å². The van der Waals surface area contributed by atoms with Crippen LogP contribution in [0.25, 0.3) is 0 Å². The zero-order chi connectivity index (χ0) is 14.0. The van der Waals surface area contributed by atoms with Gasteiger partial charge in [0.05, 0.1) is 11.3 Å². The summed E-state index contributed by atoms with van der Waals surface area (Å²) in [5.41, 5.74) is 0.109. The van der Waals surface area contributed by atoms with Crippen molar-refractivity contribution < 1.29 is 21.5 Å². The van der Waals surface area contributed by atoms with E-state index in [0.717, 1.165) is 6.07 Å². The predicted octanol–water partition coefficient (Wildman–Crippen LogP) is 2.50. The van der Waals surface area contributed by atoms with Crippen molar-refractivity contribution in [3.05, 3.63) is 47.9 Å². The summed E-state index contributed by atoms with van der Waals surface area (Å²) in [6.07, 6.45) is 1.23. The van der Waals surface area contributed by atoms with Crippen LogP contribution in [0.5, 0.6) is 0 Å². The molecule has 100 valence electrons. The van der Waals surface area contributed by atoms with Crippen LogP contribution in [0.2, 0.25) is 0 Å². The molecule has 5 nitrogen and oxygen atoms in total. The molecule has 2 rings (SSSR count). The maximum atomic E-state index is 13.0. The largest absolute Gasteiger partial charge is 0.469 e. The van der Waals surface area contributed by atoms with E-state index in [4.69, 9.17) is 4.42 Å². The number of carbonyl (C=O) groups excluding carboxylic acids is 1. The molecule has 0 aliphatic heterocycles. The Morgan fingerprint density at radius 3 is 2.58 bits per heavy atom. The van der Waals surface area contributed by atoms with E-state index in [1.54, 1.807) is 6.92 Å². The lowest BCUT2D eigenvalue weighted by Gasteiger charge is -2.06. The minimum Gasteiger partial charge on any atom is -0.469 e. The molecule has 1 amide bonds. The third kappa shape index (κ3) is 3.00. The SMILES string of the molecule is Cc1cc(C(=O)Nc2ccccc2S(=O)(=O)F)co1. The van der Waals surface area contributed by atoms with E-state index in [-0.39, 0.29) is 11.3 Å². The standard InChI is InChI=1S/C12H10FNO4S/c1-8-6-9(7-18-8)12(15)14-10-4-2-3-5-11(10)19(13,16)17/h2-7H,1H3,(H,14,15). The molecule has 1 aromatic carbocycles. The molecule has 0 aliphatic rings. The zero-order valence-electron chi connectivity index (χ0n) is 9.88. The van der Waals surface area contributed by atoms with Crippen LogP contribution in [0.3, 0.4) is 0 Å². The van der Waals surface area contributed by atoms with Gasteiger partial charge in [-0.3, -0.25) is 4.79 Å². The van der Waals surface area contributed by atoms with Gasteiger partial charge in [0.15, 0.2) is 0 Å². The van der Waals surface area contributed by atoms with E-state index in [9.17, 15) is 17.1 Å². The van der Waals surface area contributed by atoms with E-state index in [1.165, 1.54) is 30.5 Å². The lowest BCUT2D eigenvalue weighted by molar-refractivity contribution is 0.102. The fraction of sp³-hybridized carbons (Fsp3) is 0.0833. The van der Waals surface area contributed by atoms with Crippen molar-refractivity contribution in [1.29, 1.82) is 0 Å². The number of rotatable bonds is 3. The molecule has 7 heteroatoms. The molecule has 0 unspecified atom stereocenters. The van der Waals surface area contributed by atoms with Gasteiger partial charge in [-0.25, -0.2) is 0 Å². The predicted molar refractivity (Wildman–Crippen MR) is 66.1 cm³/mol. The summed E-state index contributed by atoms with van der Waals surface area (Å²) < 4.78 is 39.9. The Morgan fingerprint density at radius 1 is 1.32 bits per heavy atom. The van der Waals surface area contributed by atoms with Crippen LogP contribution >= 0.6 is 0 Å². The monoisotopic (exact) mass is 283 g/mol. The molecule has 0 radical (unpaired) electrons. The smallest absolute Gasteiger partial charge is 0.334 e. The molecule has 2 aromatic rings. The Labute approximate surface area is 109 Å². The Balaban J connectivity index is 2.32. The van der Waals surface area contributed by atoms with Crippen LogP contribution in [0, 0.1) is 6.92 Å². The maximum Gasteiger partial charge on any atom is 0.334 e. The Morgan fingerprint density at radius 2 is 2.00 bits per heavy atom. The second kappa shape index (κ2) is 4.85. The Hall–Kier alpha value is -2.15. The third-order valence-electron chi connectivity index (χ3n) is 2.39. The van der Waals surface area contributed by atoms with Gasteiger partial charge in [-0.1, -0.05) is 12.1 Å². The van der Waals surface area contributed by atoms with Crippen molar-refractivity contribution in [2.24, 2.45) is 0 Å². The topological polar surface area (TPSA) is 76.4 Å². The summed E-state index contributed by atoms with van der Waals surface area (Å²) in [6.45, 7) is 1.66. The first-order chi connectivity index (χ1) is 8.88. The first-order valence-corrected chi connectivity index (χ1v) is 6.66. The van der Waals surface area contributed by atoms with Crippen molar-refractivity contribution in [3.8, 4) is 0 Å². The fourth-order valence-corrected chi connectivity index (χ4v) is 2.16. The van der Waals surface area contributed by atoms with Gasteiger partial charge in [0.2, 0.25) is 0 Å². The molecular formula is C12H10FNO4S. The number of furan rings is 1. The average molecular weight is 283 g/mol. The third-order valence-corrected chi connectivity index (χ3v) is 3.27. The second-order valence-corrected chi connectivity index (χ2v) is 5.15. The van der Waals surface area contributed by atoms with Crippen LogP contribution in [-0.4, -0.2) is 14.3 Å². The number of nitrogens with one attached hydrogen (secondary N) is 1. The molecule has 1 N–H and O–H groups in total. The highest BCUT2D eigenvalue weighted by Crippen LogP contribution is 2.23. The number of amides is 1. The van der Waals surface area contributed by atoms with Crippen molar-refractivity contribution in [1.82, 2.24) is 0 Å². The summed E-state index contributed by atoms with van der Waals surface area (Å²) in [5.74, 6) is -0.0375. The number of benzene rings is 1. The molecule has 0 bridgehead atoms. The summed E-state index contributed by atoms with van der Waals surface area (Å²) >= 11 is 0. The van der Waals surface area contributed by atoms with E-state index in [1.807, 2.05) is 0 Å². The minimum atomic E-state index is -4.89. The van der Waals surface area contributed by atoms with Gasteiger partial charge in [-0.15, -0.1) is 3.89 Å². The van der Waals surface area contributed by atoms with Gasteiger partial charge in [-0.2, -0.15) is 8.42 Å². The number of hydrogen-bond acceptors (Lipinski definition) is 4. The van der Waals surface area contributed by atoms with Gasteiger partial charge in [0, 0.05) is 0 Å². The van der Waals surface area contributed by atoms with Gasteiger partial charge in [0.25, 0.3) is 5.91 Å². The highest BCUT2D eigenvalue weighted by atomic mass is 32.3. The second-order valence-electron chi connectivity index (χ2n) is 3.83. The quantitative estimate of drug-likeness (QED) is 0.878. The molecule has 1 aromatic heterocycles. The molecule has 0 fully saturated rings. The first kappa shape index (κ1) is 13.3. The molecule has 0 spiro atoms. The summed E-state index contributed by atoms with van der Waals surface area (Å²) in [7, 11) is -4.89. The summed E-state index contributed by atoms with van der Waals surface area (Å²) in [5, 5.41) is 2.33. The zero-order valence-corrected chi connectivity index (χ0v) is 10.7. The van der Waals surface area contributed by atoms with E-state index < -0.39 is 21.0 Å². The molecule has 0 saturated carbocycles. The van der Waals surface area contributed by atoms with Crippen LogP contribution in [0.4, 0.5) is 9.57 Å². The van der Waals surface area contributed by atoms with Crippen LogP contribution in [0.15, 0.2) is 45.9 Å². The van der Waals surface area contributed by atoms with E-state index in [2.05, 4.69) is 5.32 Å². The van der Waals surface area contributed by atoms with Crippen LogP contribution in [-0.2, 0) is 10.2 Å². The molecular weight excluding hydrogens is 273 g/mol. The number of hydrogen-bond donors (Lipinski definition) is 1. The molecule has 19 heavy (non-hydrogen) atoms. The Kier molecular flexibility index (Phi) is 3.39. The lowest BCUT2D eigenvalue weighted by Crippen LogP contribution is -2.13. The number of aryl methyl sites for hydroxylation is 1. The molecule has 0 aliphatic carbocycles. The fourth-order valence-electron chi connectivity index (χ4n) is 1.54. The normalized spacial score (nSPS) is 11.3. The maximum absolute atomic E-state index is 13.0. The molecule has 1 heterocycles. The van der Waals surface area contributed by atoms with E-state index >= 15 is 0 Å². The van der Waals surface area contributed by atoms with E-state index in [0.29, 0.717) is 5.76 Å². The van der Waals surface area contributed by atoms with Gasteiger partial charge >= 0.3 is 10.2 Å². The number of anilines is 1. The number of carbonyl (C=O) groups is 1. The number of halogens is 1. The first-order valence-electron chi connectivity index (χ1n) is 5.28. The van der Waals surface area contributed by atoms with Crippen molar-refractivity contribution in [2.45, 2.75) is 11.8 Å². The van der Waals surface area contributed by atoms with Crippen molar-refractivity contribution >= 4 is 21.8 Å². The van der Waals surface area contributed by atoms with Crippen LogP contribution in [0.1, 0.15) is 16.1 Å². The molecule has 0 atom stereocenters. The Bertz CT molecular complexity index is 721. The number of para-hydroxylation sites is 1. The summed E-state index contributed by atoms with van der Waals surface area (Å²) in [4.78, 5) is 11.2. The van der Waals surface area contributed by atoms with Crippen LogP contribution < -0.4 is 5.32 Å². The minimum absolute atomic E-state index is 0.117. The van der Waals surface area contributed by atoms with Crippen molar-refractivity contribution in [2.75, 3.05) is 5.32 Å². The highest BCUT2D eigenvalue weighted by molar-refractivity contribution is 7.86. The molecule has 0 saturated heterocycles. The average Bonchev–Trinajstić information content (AvgIpc) is 2.75. The van der Waals surface area contributed by atoms with Crippen molar-refractivity contribution in [3.63, 3.8) is 0 Å². The summed E-state index contributed by atoms with van der Waals surface area (Å²) in [6, 6.07) is 6.72. The van der Waals surface area contributed by atoms with Gasteiger partial charge in [-0.05, 0) is 25.1 Å².